The molecule has 1 fully saturated rings. The summed E-state index contributed by atoms with van der Waals surface area (Å²) in [6.07, 6.45) is 6.00. The van der Waals surface area contributed by atoms with E-state index in [4.69, 9.17) is 4.42 Å². The number of rotatable bonds is 6. The van der Waals surface area contributed by atoms with Crippen LogP contribution in [0.25, 0.3) is 0 Å². The molecule has 2 heterocycles. The molecule has 26 heavy (non-hydrogen) atoms. The number of likely N-dealkylation sites (tertiary alicyclic amines) is 1. The van der Waals surface area contributed by atoms with Gasteiger partial charge in [-0.25, -0.2) is 4.39 Å². The predicted octanol–water partition coefficient (Wildman–Crippen LogP) is 3.37. The third-order valence-electron chi connectivity index (χ3n) is 4.79. The van der Waals surface area contributed by atoms with Crippen molar-refractivity contribution >= 4 is 11.8 Å². The van der Waals surface area contributed by atoms with Crippen molar-refractivity contribution in [2.45, 2.75) is 32.2 Å². The smallest absolute Gasteiger partial charge is 0.257 e. The lowest BCUT2D eigenvalue weighted by molar-refractivity contribution is -0.121. The zero-order valence-electron chi connectivity index (χ0n) is 14.6. The summed E-state index contributed by atoms with van der Waals surface area (Å²) in [6.45, 7) is 1.59. The fraction of sp³-hybridized carbons (Fsp3) is 0.400. The largest absolute Gasteiger partial charge is 0.472 e. The molecule has 0 aliphatic carbocycles. The molecule has 3 rings (SSSR count). The average Bonchev–Trinajstić information content (AvgIpc) is 3.20. The third-order valence-corrected chi connectivity index (χ3v) is 4.79. The number of benzene rings is 1. The van der Waals surface area contributed by atoms with Crippen LogP contribution in [0.5, 0.6) is 0 Å². The van der Waals surface area contributed by atoms with Crippen molar-refractivity contribution in [2.75, 3.05) is 13.1 Å². The van der Waals surface area contributed by atoms with Gasteiger partial charge in [-0.15, -0.1) is 0 Å². The quantitative estimate of drug-likeness (QED) is 0.861. The Balaban J connectivity index is 1.43. The molecule has 2 aromatic rings. The molecule has 2 amide bonds. The first-order valence-corrected chi connectivity index (χ1v) is 8.95. The molecule has 1 aliphatic rings. The molecule has 0 unspecified atom stereocenters. The molecule has 138 valence electrons. The lowest BCUT2D eigenvalue weighted by Crippen LogP contribution is -2.40. The van der Waals surface area contributed by atoms with E-state index in [-0.39, 0.29) is 24.2 Å². The lowest BCUT2D eigenvalue weighted by atomic mass is 9.93. The fourth-order valence-corrected chi connectivity index (χ4v) is 3.31. The first kappa shape index (κ1) is 18.2. The summed E-state index contributed by atoms with van der Waals surface area (Å²) >= 11 is 0. The highest BCUT2D eigenvalue weighted by molar-refractivity contribution is 5.93. The van der Waals surface area contributed by atoms with E-state index in [1.54, 1.807) is 24.3 Å². The number of hydrogen-bond donors (Lipinski definition) is 1. The second kappa shape index (κ2) is 8.65. The minimum atomic E-state index is -0.312. The summed E-state index contributed by atoms with van der Waals surface area (Å²) in [5.41, 5.74) is 1.05. The number of carbonyl (C=O) groups excluding carboxylic acids is 2. The maximum atomic E-state index is 13.6. The van der Waals surface area contributed by atoms with Crippen LogP contribution in [0, 0.1) is 11.7 Å². The van der Waals surface area contributed by atoms with Crippen LogP contribution in [-0.2, 0) is 11.3 Å². The van der Waals surface area contributed by atoms with E-state index >= 15 is 0 Å². The second-order valence-electron chi connectivity index (χ2n) is 6.68. The van der Waals surface area contributed by atoms with Gasteiger partial charge >= 0.3 is 0 Å². The van der Waals surface area contributed by atoms with Crippen molar-refractivity contribution in [1.82, 2.24) is 10.2 Å². The number of piperidine rings is 1. The van der Waals surface area contributed by atoms with Gasteiger partial charge in [0.25, 0.3) is 5.91 Å². The van der Waals surface area contributed by atoms with E-state index in [1.165, 1.54) is 18.6 Å². The fourth-order valence-electron chi connectivity index (χ4n) is 3.31. The zero-order valence-corrected chi connectivity index (χ0v) is 14.6. The van der Waals surface area contributed by atoms with Crippen LogP contribution in [0.2, 0.25) is 0 Å². The minimum Gasteiger partial charge on any atom is -0.472 e. The number of nitrogens with one attached hydrogen (secondary N) is 1. The number of hydrogen-bond acceptors (Lipinski definition) is 3. The topological polar surface area (TPSA) is 62.6 Å². The molecule has 6 heteroatoms. The molecule has 1 atom stereocenters. The zero-order chi connectivity index (χ0) is 18.4. The molecule has 1 N–H and O–H groups in total. The monoisotopic (exact) mass is 358 g/mol. The molecule has 1 aromatic carbocycles. The Morgan fingerprint density at radius 2 is 2.12 bits per heavy atom. The van der Waals surface area contributed by atoms with Gasteiger partial charge in [0.1, 0.15) is 12.1 Å². The highest BCUT2D eigenvalue weighted by atomic mass is 19.1. The Morgan fingerprint density at radius 1 is 1.27 bits per heavy atom. The van der Waals surface area contributed by atoms with Gasteiger partial charge in [0.15, 0.2) is 0 Å². The van der Waals surface area contributed by atoms with Gasteiger partial charge in [-0.3, -0.25) is 9.59 Å². The molecule has 0 spiro atoms. The average molecular weight is 358 g/mol. The first-order chi connectivity index (χ1) is 12.6. The first-order valence-electron chi connectivity index (χ1n) is 8.95. The van der Waals surface area contributed by atoms with Crippen LogP contribution < -0.4 is 5.32 Å². The summed E-state index contributed by atoms with van der Waals surface area (Å²) in [5.74, 6) is -0.119. The number of carbonyl (C=O) groups is 2. The summed E-state index contributed by atoms with van der Waals surface area (Å²) in [5, 5.41) is 2.76. The predicted molar refractivity (Wildman–Crippen MR) is 94.8 cm³/mol. The van der Waals surface area contributed by atoms with Gasteiger partial charge in [0.05, 0.1) is 11.8 Å². The van der Waals surface area contributed by atoms with E-state index in [2.05, 4.69) is 5.32 Å². The Kier molecular flexibility index (Phi) is 6.04. The highest BCUT2D eigenvalue weighted by Crippen LogP contribution is 2.22. The van der Waals surface area contributed by atoms with E-state index in [9.17, 15) is 14.0 Å². The highest BCUT2D eigenvalue weighted by Gasteiger charge is 2.25. The van der Waals surface area contributed by atoms with Crippen molar-refractivity contribution in [3.63, 3.8) is 0 Å². The van der Waals surface area contributed by atoms with E-state index < -0.39 is 0 Å². The van der Waals surface area contributed by atoms with E-state index in [0.29, 0.717) is 30.0 Å². The molecule has 1 saturated heterocycles. The summed E-state index contributed by atoms with van der Waals surface area (Å²) in [4.78, 5) is 26.3. The molecule has 5 nitrogen and oxygen atoms in total. The summed E-state index contributed by atoms with van der Waals surface area (Å²) < 4.78 is 18.5. The lowest BCUT2D eigenvalue weighted by Gasteiger charge is -2.32. The van der Waals surface area contributed by atoms with E-state index in [1.807, 2.05) is 4.90 Å². The molecule has 1 aliphatic heterocycles. The molecular weight excluding hydrogens is 335 g/mol. The van der Waals surface area contributed by atoms with Gasteiger partial charge in [-0.2, -0.15) is 0 Å². The van der Waals surface area contributed by atoms with Gasteiger partial charge in [0, 0.05) is 31.6 Å². The van der Waals surface area contributed by atoms with Crippen molar-refractivity contribution in [3.8, 4) is 0 Å². The number of amides is 2. The van der Waals surface area contributed by atoms with Crippen LogP contribution in [-0.4, -0.2) is 29.8 Å². The Hall–Kier alpha value is -2.63. The van der Waals surface area contributed by atoms with Gasteiger partial charge in [-0.05, 0) is 37.3 Å². The molecule has 1 aromatic heterocycles. The summed E-state index contributed by atoms with van der Waals surface area (Å²) in [6, 6.07) is 8.09. The Bertz CT molecular complexity index is 745. The van der Waals surface area contributed by atoms with Gasteiger partial charge < -0.3 is 14.6 Å². The van der Waals surface area contributed by atoms with Crippen molar-refractivity contribution in [3.05, 3.63) is 59.8 Å². The maximum absolute atomic E-state index is 13.6. The third kappa shape index (κ3) is 4.71. The van der Waals surface area contributed by atoms with Crippen molar-refractivity contribution in [1.29, 1.82) is 0 Å². The van der Waals surface area contributed by atoms with Gasteiger partial charge in [0.2, 0.25) is 5.91 Å². The molecule has 0 radical (unpaired) electrons. The Labute approximate surface area is 152 Å². The van der Waals surface area contributed by atoms with E-state index in [0.717, 1.165) is 25.8 Å². The normalized spacial score (nSPS) is 17.1. The van der Waals surface area contributed by atoms with Crippen LogP contribution in [0.1, 0.15) is 41.6 Å². The van der Waals surface area contributed by atoms with Crippen LogP contribution in [0.4, 0.5) is 4.39 Å². The van der Waals surface area contributed by atoms with Gasteiger partial charge in [-0.1, -0.05) is 18.2 Å². The standard InChI is InChI=1S/C20H23FN2O3/c21-18-6-2-1-5-16(18)12-22-19(24)8-7-15-4-3-10-23(13-15)20(25)17-9-11-26-14-17/h1-2,5-6,9,11,14-15H,3-4,7-8,10,12-13H2,(H,22,24)/t15-/m1/s1. The molecule has 0 saturated carbocycles. The van der Waals surface area contributed by atoms with Crippen LogP contribution in [0.15, 0.2) is 47.3 Å². The van der Waals surface area contributed by atoms with Crippen molar-refractivity contribution in [2.24, 2.45) is 5.92 Å². The number of furan rings is 1. The van der Waals surface area contributed by atoms with Crippen LogP contribution >= 0.6 is 0 Å². The SMILES string of the molecule is O=C(CC[C@H]1CCCN(C(=O)c2ccoc2)C1)NCc1ccccc1F. The number of halogens is 1. The second-order valence-corrected chi connectivity index (χ2v) is 6.68. The molecular formula is C20H23FN2O3. The number of nitrogens with zero attached hydrogens (tertiary/aromatic N) is 1. The minimum absolute atomic E-state index is 0.0209. The Morgan fingerprint density at radius 3 is 2.88 bits per heavy atom. The summed E-state index contributed by atoms with van der Waals surface area (Å²) in [7, 11) is 0. The van der Waals surface area contributed by atoms with Crippen LogP contribution in [0.3, 0.4) is 0 Å². The van der Waals surface area contributed by atoms with Crippen molar-refractivity contribution < 1.29 is 18.4 Å². The molecule has 0 bridgehead atoms. The maximum Gasteiger partial charge on any atom is 0.257 e.